The average Bonchev–Trinajstić information content (AvgIpc) is 3.59. The molecule has 9 nitrogen and oxygen atoms in total. The van der Waals surface area contributed by atoms with E-state index < -0.39 is 15.9 Å². The van der Waals surface area contributed by atoms with Gasteiger partial charge in [-0.1, -0.05) is 0 Å². The van der Waals surface area contributed by atoms with Gasteiger partial charge in [-0.15, -0.1) is 0 Å². The Morgan fingerprint density at radius 1 is 1.09 bits per heavy atom. The first-order valence-electron chi connectivity index (χ1n) is 11.0. The quantitative estimate of drug-likeness (QED) is 0.508. The summed E-state index contributed by atoms with van der Waals surface area (Å²) in [5.41, 5.74) is 1.02. The number of Topliss-reactive ketones (excluding diaryl/α,β-unsaturated/α-hetero) is 1. The predicted octanol–water partition coefficient (Wildman–Crippen LogP) is 2.33. The second-order valence-corrected chi connectivity index (χ2v) is 10.7. The number of nitrogens with zero attached hydrogens (tertiary/aromatic N) is 5. The van der Waals surface area contributed by atoms with Gasteiger partial charge in [0.15, 0.2) is 21.3 Å². The lowest BCUT2D eigenvalue weighted by Crippen LogP contribution is -2.28. The van der Waals surface area contributed by atoms with Gasteiger partial charge in [0.05, 0.1) is 33.8 Å². The maximum absolute atomic E-state index is 13.4. The van der Waals surface area contributed by atoms with Crippen molar-refractivity contribution >= 4 is 26.7 Å². The standard InChI is InChI=1S/C22H25N5O4S/c28-20(12-16-13-23-7-8-24-16)19(11-15-4-9-31-10-5-15)27-22-18(14-26-27)21(3-6-25-22)32(29,30)17-1-2-17/h3,6-8,13-15,17,19H,1-2,4-5,9-12H2/t19-/m1/s1. The Kier molecular flexibility index (Phi) is 5.73. The van der Waals surface area contributed by atoms with Crippen LogP contribution >= 0.6 is 0 Å². The smallest absolute Gasteiger partial charge is 0.182 e. The summed E-state index contributed by atoms with van der Waals surface area (Å²) in [6.45, 7) is 1.36. The van der Waals surface area contributed by atoms with Gasteiger partial charge >= 0.3 is 0 Å². The summed E-state index contributed by atoms with van der Waals surface area (Å²) in [6.07, 6.45) is 11.6. The second-order valence-electron chi connectivity index (χ2n) is 8.53. The largest absolute Gasteiger partial charge is 0.381 e. The van der Waals surface area contributed by atoms with Gasteiger partial charge in [0, 0.05) is 38.0 Å². The van der Waals surface area contributed by atoms with E-state index in [1.54, 1.807) is 23.3 Å². The van der Waals surface area contributed by atoms with E-state index in [1.165, 1.54) is 18.5 Å². The fourth-order valence-electron chi connectivity index (χ4n) is 4.34. The third-order valence-corrected chi connectivity index (χ3v) is 8.58. The molecule has 3 aromatic rings. The number of rotatable bonds is 8. The summed E-state index contributed by atoms with van der Waals surface area (Å²) in [4.78, 5) is 26.4. The Hall–Kier alpha value is -2.72. The number of hydrogen-bond acceptors (Lipinski definition) is 8. The van der Waals surface area contributed by atoms with E-state index in [4.69, 9.17) is 4.74 Å². The van der Waals surface area contributed by atoms with Crippen molar-refractivity contribution in [3.05, 3.63) is 42.7 Å². The van der Waals surface area contributed by atoms with Crippen LogP contribution in [0.15, 0.2) is 41.9 Å². The minimum Gasteiger partial charge on any atom is -0.381 e. The normalized spacial score (nSPS) is 18.6. The second kappa shape index (κ2) is 8.67. The van der Waals surface area contributed by atoms with Crippen molar-refractivity contribution < 1.29 is 17.9 Å². The summed E-state index contributed by atoms with van der Waals surface area (Å²) in [7, 11) is -3.41. The first-order chi connectivity index (χ1) is 15.5. The highest BCUT2D eigenvalue weighted by molar-refractivity contribution is 7.92. The molecule has 32 heavy (non-hydrogen) atoms. The molecule has 1 aliphatic heterocycles. The Labute approximate surface area is 186 Å². The molecule has 0 bridgehead atoms. The molecule has 0 aromatic carbocycles. The lowest BCUT2D eigenvalue weighted by atomic mass is 9.90. The predicted molar refractivity (Wildman–Crippen MR) is 116 cm³/mol. The molecule has 0 amide bonds. The zero-order chi connectivity index (χ0) is 22.1. The highest BCUT2D eigenvalue weighted by Gasteiger charge is 2.38. The molecule has 10 heteroatoms. The topological polar surface area (TPSA) is 117 Å². The van der Waals surface area contributed by atoms with Crippen LogP contribution < -0.4 is 0 Å². The average molecular weight is 456 g/mol. The van der Waals surface area contributed by atoms with Gasteiger partial charge in [-0.2, -0.15) is 5.10 Å². The lowest BCUT2D eigenvalue weighted by molar-refractivity contribution is -0.122. The molecule has 1 aliphatic carbocycles. The minimum atomic E-state index is -3.41. The molecule has 0 N–H and O–H groups in total. The van der Waals surface area contributed by atoms with Crippen molar-refractivity contribution in [1.29, 1.82) is 0 Å². The van der Waals surface area contributed by atoms with Crippen molar-refractivity contribution in [2.75, 3.05) is 13.2 Å². The Bertz CT molecular complexity index is 1220. The Morgan fingerprint density at radius 2 is 1.91 bits per heavy atom. The van der Waals surface area contributed by atoms with Crippen LogP contribution in [0.1, 0.15) is 43.8 Å². The number of aromatic nitrogens is 5. The zero-order valence-electron chi connectivity index (χ0n) is 17.6. The molecule has 5 rings (SSSR count). The Morgan fingerprint density at radius 3 is 2.62 bits per heavy atom. The van der Waals surface area contributed by atoms with Crippen LogP contribution in [0.4, 0.5) is 0 Å². The van der Waals surface area contributed by atoms with Gasteiger partial charge < -0.3 is 4.74 Å². The highest BCUT2D eigenvalue weighted by atomic mass is 32.2. The van der Waals surface area contributed by atoms with Crippen LogP contribution in [0.2, 0.25) is 0 Å². The molecule has 168 valence electrons. The molecule has 0 spiro atoms. The molecule has 1 saturated carbocycles. The molecule has 4 heterocycles. The summed E-state index contributed by atoms with van der Waals surface area (Å²) in [5.74, 6) is 0.274. The number of hydrogen-bond donors (Lipinski definition) is 0. The first kappa shape index (κ1) is 21.1. The van der Waals surface area contributed by atoms with E-state index in [0.29, 0.717) is 55.1 Å². The summed E-state index contributed by atoms with van der Waals surface area (Å²) in [5, 5.41) is 4.63. The maximum Gasteiger partial charge on any atom is 0.182 e. The van der Waals surface area contributed by atoms with Crippen LogP contribution in [0.3, 0.4) is 0 Å². The van der Waals surface area contributed by atoms with Crippen LogP contribution in [0, 0.1) is 5.92 Å². The van der Waals surface area contributed by atoms with Crippen LogP contribution in [-0.4, -0.2) is 57.4 Å². The zero-order valence-corrected chi connectivity index (χ0v) is 18.4. The summed E-state index contributed by atoms with van der Waals surface area (Å²) in [6, 6.07) is 0.973. The number of ether oxygens (including phenoxy) is 1. The number of carbonyl (C=O) groups is 1. The van der Waals surface area contributed by atoms with Gasteiger partial charge in [-0.05, 0) is 44.1 Å². The molecule has 2 aliphatic rings. The molecular formula is C22H25N5O4S. The van der Waals surface area contributed by atoms with Crippen LogP contribution in [-0.2, 0) is 25.8 Å². The van der Waals surface area contributed by atoms with E-state index in [0.717, 1.165) is 12.8 Å². The summed E-state index contributed by atoms with van der Waals surface area (Å²) < 4.78 is 32.9. The van der Waals surface area contributed by atoms with Gasteiger partial charge in [-0.25, -0.2) is 18.1 Å². The molecule has 1 atom stereocenters. The number of fused-ring (bicyclic) bond motifs is 1. The van der Waals surface area contributed by atoms with E-state index in [1.807, 2.05) is 0 Å². The maximum atomic E-state index is 13.4. The fourth-order valence-corrected chi connectivity index (χ4v) is 6.16. The lowest BCUT2D eigenvalue weighted by Gasteiger charge is -2.26. The van der Waals surface area contributed by atoms with Gasteiger partial charge in [0.2, 0.25) is 0 Å². The number of pyridine rings is 1. The third-order valence-electron chi connectivity index (χ3n) is 6.26. The molecule has 1 saturated heterocycles. The van der Waals surface area contributed by atoms with Gasteiger partial charge in [-0.3, -0.25) is 14.8 Å². The van der Waals surface area contributed by atoms with E-state index in [9.17, 15) is 13.2 Å². The van der Waals surface area contributed by atoms with Crippen molar-refractivity contribution in [2.24, 2.45) is 5.92 Å². The summed E-state index contributed by atoms with van der Waals surface area (Å²) >= 11 is 0. The van der Waals surface area contributed by atoms with Crippen molar-refractivity contribution in [3.63, 3.8) is 0 Å². The molecule has 0 radical (unpaired) electrons. The van der Waals surface area contributed by atoms with Crippen molar-refractivity contribution in [2.45, 2.75) is 54.7 Å². The van der Waals surface area contributed by atoms with Crippen molar-refractivity contribution in [3.8, 4) is 0 Å². The first-order valence-corrected chi connectivity index (χ1v) is 12.5. The van der Waals surface area contributed by atoms with Gasteiger partial charge in [0.25, 0.3) is 0 Å². The fraction of sp³-hybridized carbons (Fsp3) is 0.500. The van der Waals surface area contributed by atoms with Crippen LogP contribution in [0.25, 0.3) is 11.0 Å². The van der Waals surface area contributed by atoms with Crippen LogP contribution in [0.5, 0.6) is 0 Å². The number of ketones is 1. The monoisotopic (exact) mass is 455 g/mol. The van der Waals surface area contributed by atoms with E-state index in [-0.39, 0.29) is 22.3 Å². The molecular weight excluding hydrogens is 430 g/mol. The minimum absolute atomic E-state index is 0.0424. The number of sulfone groups is 1. The van der Waals surface area contributed by atoms with E-state index in [2.05, 4.69) is 20.1 Å². The molecule has 0 unspecified atom stereocenters. The molecule has 2 fully saturated rings. The van der Waals surface area contributed by atoms with Gasteiger partial charge in [0.1, 0.15) is 6.04 Å². The number of carbonyl (C=O) groups excluding carboxylic acids is 1. The third kappa shape index (κ3) is 4.16. The Balaban J connectivity index is 1.52. The highest BCUT2D eigenvalue weighted by Crippen LogP contribution is 2.37. The van der Waals surface area contributed by atoms with Crippen molar-refractivity contribution in [1.82, 2.24) is 24.7 Å². The SMILES string of the molecule is O=C(Cc1cnccn1)[C@@H](CC1CCOCC1)n1ncc2c(S(=O)(=O)C3CC3)ccnc21. The molecule has 3 aromatic heterocycles. The van der Waals surface area contributed by atoms with E-state index >= 15 is 0 Å².